The lowest BCUT2D eigenvalue weighted by Gasteiger charge is -2.26. The van der Waals surface area contributed by atoms with Crippen LogP contribution in [0.4, 0.5) is 5.13 Å². The van der Waals surface area contributed by atoms with Crippen LogP contribution < -0.4 is 10.2 Å². The van der Waals surface area contributed by atoms with Gasteiger partial charge in [0.25, 0.3) is 0 Å². The molecule has 1 N–H and O–H groups in total. The zero-order valence-electron chi connectivity index (χ0n) is 15.3. The van der Waals surface area contributed by atoms with Gasteiger partial charge in [-0.2, -0.15) is 0 Å². The molecule has 1 amide bonds. The summed E-state index contributed by atoms with van der Waals surface area (Å²) in [6.45, 7) is 3.77. The molecular weight excluding hydrogens is 364 g/mol. The zero-order chi connectivity index (χ0) is 18.2. The number of nitrogens with one attached hydrogen (secondary N) is 1. The van der Waals surface area contributed by atoms with Gasteiger partial charge in [-0.1, -0.05) is 5.16 Å². The van der Waals surface area contributed by atoms with E-state index in [1.165, 1.54) is 17.7 Å². The van der Waals surface area contributed by atoms with Crippen molar-refractivity contribution < 1.29 is 14.1 Å². The van der Waals surface area contributed by atoms with Crippen molar-refractivity contribution in [3.05, 3.63) is 28.1 Å². The summed E-state index contributed by atoms with van der Waals surface area (Å²) < 4.78 is 10.8. The number of morpholine rings is 1. The third-order valence-corrected chi connectivity index (χ3v) is 6.80. The number of anilines is 1. The molecule has 144 valence electrons. The quantitative estimate of drug-likeness (QED) is 0.846. The maximum Gasteiger partial charge on any atom is 0.223 e. The molecule has 1 atom stereocenters. The fraction of sp³-hybridized carbons (Fsp3) is 0.632. The molecule has 2 aromatic heterocycles. The van der Waals surface area contributed by atoms with E-state index in [4.69, 9.17) is 14.2 Å². The molecule has 2 fully saturated rings. The van der Waals surface area contributed by atoms with E-state index in [0.29, 0.717) is 12.5 Å². The highest BCUT2D eigenvalue weighted by Crippen LogP contribution is 2.40. The second-order valence-corrected chi connectivity index (χ2v) is 8.68. The fourth-order valence-corrected chi connectivity index (χ4v) is 4.93. The van der Waals surface area contributed by atoms with E-state index >= 15 is 0 Å². The summed E-state index contributed by atoms with van der Waals surface area (Å²) in [5.74, 6) is 1.59. The maximum absolute atomic E-state index is 12.6. The molecule has 3 aliphatic rings. The number of thiazole rings is 1. The Morgan fingerprint density at radius 1 is 1.30 bits per heavy atom. The van der Waals surface area contributed by atoms with Crippen molar-refractivity contribution in [3.8, 4) is 0 Å². The van der Waals surface area contributed by atoms with Crippen LogP contribution in [0.2, 0.25) is 0 Å². The predicted octanol–water partition coefficient (Wildman–Crippen LogP) is 2.27. The van der Waals surface area contributed by atoms with E-state index < -0.39 is 0 Å². The van der Waals surface area contributed by atoms with Crippen molar-refractivity contribution in [1.82, 2.24) is 15.5 Å². The smallest absolute Gasteiger partial charge is 0.223 e. The molecule has 2 aliphatic carbocycles. The molecular formula is C19H24N4O3S. The van der Waals surface area contributed by atoms with Crippen LogP contribution in [0.3, 0.4) is 0 Å². The average molecular weight is 388 g/mol. The number of amides is 1. The van der Waals surface area contributed by atoms with Crippen LogP contribution in [0.25, 0.3) is 0 Å². The average Bonchev–Trinajstić information content (AvgIpc) is 3.29. The molecule has 7 nitrogen and oxygen atoms in total. The first-order valence-corrected chi connectivity index (χ1v) is 10.6. The van der Waals surface area contributed by atoms with E-state index in [-0.39, 0.29) is 11.8 Å². The van der Waals surface area contributed by atoms with Crippen molar-refractivity contribution in [2.24, 2.45) is 5.92 Å². The number of nitrogens with zero attached hydrogens (tertiary/aromatic N) is 3. The summed E-state index contributed by atoms with van der Waals surface area (Å²) in [6, 6.07) is 1.98. The lowest BCUT2D eigenvalue weighted by atomic mass is 9.90. The highest BCUT2D eigenvalue weighted by atomic mass is 32.1. The predicted molar refractivity (Wildman–Crippen MR) is 101 cm³/mol. The van der Waals surface area contributed by atoms with Gasteiger partial charge in [0, 0.05) is 42.3 Å². The number of rotatable bonds is 5. The number of aryl methyl sites for hydroxylation is 1. The number of ether oxygens (including phenoxy) is 1. The third kappa shape index (κ3) is 3.73. The lowest BCUT2D eigenvalue weighted by molar-refractivity contribution is -0.125. The van der Waals surface area contributed by atoms with Gasteiger partial charge in [0.15, 0.2) is 5.13 Å². The van der Waals surface area contributed by atoms with Crippen LogP contribution in [0.1, 0.15) is 47.2 Å². The van der Waals surface area contributed by atoms with E-state index in [2.05, 4.69) is 15.4 Å². The topological polar surface area (TPSA) is 80.5 Å². The van der Waals surface area contributed by atoms with Crippen LogP contribution in [0, 0.1) is 5.92 Å². The van der Waals surface area contributed by atoms with Gasteiger partial charge in [0.2, 0.25) is 5.91 Å². The minimum Gasteiger partial charge on any atom is -0.378 e. The van der Waals surface area contributed by atoms with Gasteiger partial charge in [-0.3, -0.25) is 4.79 Å². The SMILES string of the molecule is O=C(NCc1cc(C2CC2)on1)C1CCc2sc(N3CCOCC3)nc2C1. The van der Waals surface area contributed by atoms with E-state index in [0.717, 1.165) is 67.8 Å². The van der Waals surface area contributed by atoms with Crippen molar-refractivity contribution in [2.75, 3.05) is 31.2 Å². The van der Waals surface area contributed by atoms with Crippen LogP contribution in [-0.4, -0.2) is 42.4 Å². The molecule has 0 radical (unpaired) electrons. The van der Waals surface area contributed by atoms with Gasteiger partial charge in [-0.25, -0.2) is 4.98 Å². The standard InChI is InChI=1S/C19H24N4O3S/c24-18(20-11-14-10-16(26-22-14)12-1-2-12)13-3-4-17-15(9-13)21-19(27-17)23-5-7-25-8-6-23/h10,12-13H,1-9,11H2,(H,20,24). The number of hydrogen-bond donors (Lipinski definition) is 1. The molecule has 0 spiro atoms. The summed E-state index contributed by atoms with van der Waals surface area (Å²) in [5, 5.41) is 8.18. The second-order valence-electron chi connectivity index (χ2n) is 7.62. The summed E-state index contributed by atoms with van der Waals surface area (Å²) in [5.41, 5.74) is 1.91. The van der Waals surface area contributed by atoms with Crippen LogP contribution in [0.15, 0.2) is 10.6 Å². The molecule has 1 saturated carbocycles. The molecule has 3 heterocycles. The van der Waals surface area contributed by atoms with Gasteiger partial charge in [0.05, 0.1) is 25.5 Å². The summed E-state index contributed by atoms with van der Waals surface area (Å²) in [4.78, 5) is 21.1. The molecule has 1 saturated heterocycles. The molecule has 1 unspecified atom stereocenters. The van der Waals surface area contributed by atoms with Crippen molar-refractivity contribution >= 4 is 22.4 Å². The highest BCUT2D eigenvalue weighted by molar-refractivity contribution is 7.15. The Labute approximate surface area is 162 Å². The minimum absolute atomic E-state index is 0.00746. The summed E-state index contributed by atoms with van der Waals surface area (Å²) in [7, 11) is 0. The largest absolute Gasteiger partial charge is 0.378 e. The van der Waals surface area contributed by atoms with Gasteiger partial charge in [-0.15, -0.1) is 11.3 Å². The minimum atomic E-state index is -0.00746. The Kier molecular flexibility index (Phi) is 4.61. The molecule has 2 aromatic rings. The first kappa shape index (κ1) is 17.2. The van der Waals surface area contributed by atoms with Crippen LogP contribution in [-0.2, 0) is 28.9 Å². The van der Waals surface area contributed by atoms with Gasteiger partial charge < -0.3 is 19.5 Å². The number of aromatic nitrogens is 2. The molecule has 27 heavy (non-hydrogen) atoms. The number of hydrogen-bond acceptors (Lipinski definition) is 7. The van der Waals surface area contributed by atoms with Crippen LogP contribution >= 0.6 is 11.3 Å². The highest BCUT2D eigenvalue weighted by Gasteiger charge is 2.30. The monoisotopic (exact) mass is 388 g/mol. The first-order valence-electron chi connectivity index (χ1n) is 9.81. The first-order chi connectivity index (χ1) is 13.3. The van der Waals surface area contributed by atoms with Gasteiger partial charge in [0.1, 0.15) is 11.5 Å². The molecule has 5 rings (SSSR count). The van der Waals surface area contributed by atoms with Crippen molar-refractivity contribution in [3.63, 3.8) is 0 Å². The van der Waals surface area contributed by atoms with Crippen molar-refractivity contribution in [1.29, 1.82) is 0 Å². The number of carbonyl (C=O) groups is 1. The van der Waals surface area contributed by atoms with Crippen LogP contribution in [0.5, 0.6) is 0 Å². The van der Waals surface area contributed by atoms with Gasteiger partial charge in [-0.05, 0) is 25.7 Å². The van der Waals surface area contributed by atoms with Crippen molar-refractivity contribution in [2.45, 2.75) is 44.6 Å². The van der Waals surface area contributed by atoms with E-state index in [1.54, 1.807) is 11.3 Å². The second kappa shape index (κ2) is 7.24. The molecule has 1 aliphatic heterocycles. The zero-order valence-corrected chi connectivity index (χ0v) is 16.1. The number of carbonyl (C=O) groups excluding carboxylic acids is 1. The Hall–Kier alpha value is -1.93. The Bertz CT molecular complexity index is 823. The van der Waals surface area contributed by atoms with Gasteiger partial charge >= 0.3 is 0 Å². The van der Waals surface area contributed by atoms with E-state index in [9.17, 15) is 4.79 Å². The summed E-state index contributed by atoms with van der Waals surface area (Å²) >= 11 is 1.78. The number of fused-ring (bicyclic) bond motifs is 1. The van der Waals surface area contributed by atoms with E-state index in [1.807, 2.05) is 6.07 Å². The third-order valence-electron chi connectivity index (χ3n) is 5.58. The Morgan fingerprint density at radius 3 is 2.96 bits per heavy atom. The molecule has 8 heteroatoms. The Morgan fingerprint density at radius 2 is 2.15 bits per heavy atom. The Balaban J connectivity index is 1.18. The maximum atomic E-state index is 12.6. The summed E-state index contributed by atoms with van der Waals surface area (Å²) in [6.07, 6.45) is 4.92. The molecule has 0 bridgehead atoms. The molecule has 0 aromatic carbocycles. The normalized spacial score (nSPS) is 22.5. The fourth-order valence-electron chi connectivity index (χ4n) is 3.77. The lowest BCUT2D eigenvalue weighted by Crippen LogP contribution is -2.36.